The first-order valence-electron chi connectivity index (χ1n) is 9.04. The molecule has 0 spiro atoms. The van der Waals surface area contributed by atoms with Gasteiger partial charge in [-0.25, -0.2) is 8.78 Å². The topological polar surface area (TPSA) is 76.5 Å². The van der Waals surface area contributed by atoms with E-state index in [2.05, 4.69) is 10.00 Å². The van der Waals surface area contributed by atoms with Gasteiger partial charge in [-0.1, -0.05) is 0 Å². The van der Waals surface area contributed by atoms with E-state index in [9.17, 15) is 8.78 Å². The molecule has 3 heterocycles. The third-order valence-corrected chi connectivity index (χ3v) is 5.63. The van der Waals surface area contributed by atoms with Crippen molar-refractivity contribution in [1.29, 1.82) is 0 Å². The van der Waals surface area contributed by atoms with Crippen LogP contribution in [0.25, 0.3) is 0 Å². The van der Waals surface area contributed by atoms with Crippen LogP contribution in [0.5, 0.6) is 0 Å². The van der Waals surface area contributed by atoms with Crippen molar-refractivity contribution in [2.45, 2.75) is 50.7 Å². The molecule has 8 heteroatoms. The van der Waals surface area contributed by atoms with Crippen LogP contribution in [0.4, 0.5) is 8.78 Å². The highest BCUT2D eigenvalue weighted by Crippen LogP contribution is 2.36. The van der Waals surface area contributed by atoms with Gasteiger partial charge in [0.1, 0.15) is 11.7 Å². The lowest BCUT2D eigenvalue weighted by atomic mass is 9.85. The second kappa shape index (κ2) is 7.19. The predicted octanol–water partition coefficient (Wildman–Crippen LogP) is 1.40. The summed E-state index contributed by atoms with van der Waals surface area (Å²) in [6.45, 7) is 2.49. The van der Waals surface area contributed by atoms with Gasteiger partial charge in [-0.2, -0.15) is 5.10 Å². The molecule has 0 aromatic carbocycles. The summed E-state index contributed by atoms with van der Waals surface area (Å²) in [5.41, 5.74) is 8.56. The number of aliphatic hydroxyl groups excluding tert-OH is 1. The Morgan fingerprint density at radius 2 is 2.15 bits per heavy atom. The average Bonchev–Trinajstić information content (AvgIpc) is 3.19. The number of ether oxygens (including phenoxy) is 1. The highest BCUT2D eigenvalue weighted by molar-refractivity contribution is 5.23. The van der Waals surface area contributed by atoms with Crippen LogP contribution in [0, 0.1) is 5.92 Å². The Morgan fingerprint density at radius 1 is 1.31 bits per heavy atom. The number of nitrogens with two attached hydrogens (primary N) is 1. The Balaban J connectivity index is 1.39. The standard InChI is InChI=1S/C18H24F2N4O2/c19-12-1-2-15(20)14(5-12)18-16(21)6-13(10-26-18)23-8-11-7-22-24(3-4-25)17(11)9-23/h1-2,7,13-14,16,18,25H,3-6,8-10,21H2/t13-,14?,16+,18-/m1/s1. The fourth-order valence-electron chi connectivity index (χ4n) is 4.25. The predicted molar refractivity (Wildman–Crippen MR) is 91.2 cm³/mol. The van der Waals surface area contributed by atoms with Gasteiger partial charge in [-0.15, -0.1) is 0 Å². The lowest BCUT2D eigenvalue weighted by molar-refractivity contribution is -0.0730. The lowest BCUT2D eigenvalue weighted by Crippen LogP contribution is -2.53. The van der Waals surface area contributed by atoms with Gasteiger partial charge in [-0.05, 0) is 18.6 Å². The maximum absolute atomic E-state index is 14.1. The van der Waals surface area contributed by atoms with Crippen LogP contribution in [0.15, 0.2) is 30.0 Å². The van der Waals surface area contributed by atoms with Gasteiger partial charge in [-0.3, -0.25) is 9.58 Å². The molecule has 4 atom stereocenters. The zero-order valence-corrected chi connectivity index (χ0v) is 14.5. The van der Waals surface area contributed by atoms with Crippen molar-refractivity contribution in [2.24, 2.45) is 11.7 Å². The van der Waals surface area contributed by atoms with Crippen molar-refractivity contribution in [3.05, 3.63) is 41.3 Å². The van der Waals surface area contributed by atoms with E-state index < -0.39 is 12.0 Å². The number of rotatable bonds is 4. The van der Waals surface area contributed by atoms with E-state index in [0.29, 0.717) is 19.6 Å². The Labute approximate surface area is 150 Å². The fraction of sp³-hybridized carbons (Fsp3) is 0.611. The van der Waals surface area contributed by atoms with Crippen molar-refractivity contribution in [2.75, 3.05) is 13.2 Å². The van der Waals surface area contributed by atoms with E-state index in [0.717, 1.165) is 24.3 Å². The number of fused-ring (bicyclic) bond motifs is 1. The Morgan fingerprint density at radius 3 is 2.92 bits per heavy atom. The fourth-order valence-corrected chi connectivity index (χ4v) is 4.25. The number of nitrogens with zero attached hydrogens (tertiary/aromatic N) is 3. The average molecular weight is 366 g/mol. The number of allylic oxidation sites excluding steroid dienone is 3. The summed E-state index contributed by atoms with van der Waals surface area (Å²) >= 11 is 0. The molecular weight excluding hydrogens is 342 g/mol. The Hall–Kier alpha value is -1.61. The molecule has 142 valence electrons. The van der Waals surface area contributed by atoms with Gasteiger partial charge >= 0.3 is 0 Å². The molecule has 0 amide bonds. The van der Waals surface area contributed by atoms with Crippen molar-refractivity contribution in [1.82, 2.24) is 14.7 Å². The smallest absolute Gasteiger partial charge is 0.106 e. The number of hydrogen-bond donors (Lipinski definition) is 2. The highest BCUT2D eigenvalue weighted by Gasteiger charge is 2.40. The number of halogens is 2. The second-order valence-electron chi connectivity index (χ2n) is 7.30. The Kier molecular flexibility index (Phi) is 4.92. The molecule has 2 aliphatic heterocycles. The molecule has 4 rings (SSSR count). The molecule has 1 aromatic heterocycles. The minimum absolute atomic E-state index is 0.0114. The molecular formula is C18H24F2N4O2. The normalized spacial score (nSPS) is 32.3. The molecule has 6 nitrogen and oxygen atoms in total. The van der Waals surface area contributed by atoms with Gasteiger partial charge in [0, 0.05) is 43.1 Å². The van der Waals surface area contributed by atoms with Crippen molar-refractivity contribution in [3.8, 4) is 0 Å². The van der Waals surface area contributed by atoms with Crippen LogP contribution < -0.4 is 5.73 Å². The van der Waals surface area contributed by atoms with Gasteiger partial charge in [0.05, 0.1) is 37.8 Å². The van der Waals surface area contributed by atoms with Gasteiger partial charge in [0.15, 0.2) is 0 Å². The van der Waals surface area contributed by atoms with Crippen LogP contribution in [-0.4, -0.2) is 51.2 Å². The monoisotopic (exact) mass is 366 g/mol. The van der Waals surface area contributed by atoms with Crippen LogP contribution >= 0.6 is 0 Å². The number of aliphatic hydroxyl groups is 1. The molecule has 1 saturated heterocycles. The van der Waals surface area contributed by atoms with Crippen molar-refractivity contribution >= 4 is 0 Å². The summed E-state index contributed by atoms with van der Waals surface area (Å²) in [5.74, 6) is -1.33. The summed E-state index contributed by atoms with van der Waals surface area (Å²) < 4.78 is 35.4. The molecule has 1 aliphatic carbocycles. The highest BCUT2D eigenvalue weighted by atomic mass is 19.1. The van der Waals surface area contributed by atoms with E-state index >= 15 is 0 Å². The van der Waals surface area contributed by atoms with E-state index in [1.54, 1.807) is 0 Å². The number of aromatic nitrogens is 2. The summed E-state index contributed by atoms with van der Waals surface area (Å²) in [5, 5.41) is 13.4. The van der Waals surface area contributed by atoms with Crippen LogP contribution in [-0.2, 0) is 24.4 Å². The zero-order chi connectivity index (χ0) is 18.3. The van der Waals surface area contributed by atoms with E-state index in [1.807, 2.05) is 10.9 Å². The maximum Gasteiger partial charge on any atom is 0.106 e. The molecule has 26 heavy (non-hydrogen) atoms. The van der Waals surface area contributed by atoms with E-state index in [1.165, 1.54) is 12.2 Å². The second-order valence-corrected chi connectivity index (χ2v) is 7.30. The maximum atomic E-state index is 14.1. The quantitative estimate of drug-likeness (QED) is 0.843. The minimum Gasteiger partial charge on any atom is -0.394 e. The number of hydrogen-bond acceptors (Lipinski definition) is 5. The van der Waals surface area contributed by atoms with Crippen LogP contribution in [0.3, 0.4) is 0 Å². The first-order chi connectivity index (χ1) is 12.6. The Bertz CT molecular complexity index is 733. The van der Waals surface area contributed by atoms with Gasteiger partial charge in [0.25, 0.3) is 0 Å². The minimum atomic E-state index is -0.634. The first kappa shape index (κ1) is 17.8. The molecule has 1 fully saturated rings. The molecule has 0 radical (unpaired) electrons. The molecule has 1 unspecified atom stereocenters. The summed E-state index contributed by atoms with van der Waals surface area (Å²) in [4.78, 5) is 2.28. The van der Waals surface area contributed by atoms with Crippen LogP contribution in [0.1, 0.15) is 24.1 Å². The van der Waals surface area contributed by atoms with Gasteiger partial charge in [0.2, 0.25) is 0 Å². The largest absolute Gasteiger partial charge is 0.394 e. The van der Waals surface area contributed by atoms with E-state index in [4.69, 9.17) is 15.6 Å². The third kappa shape index (κ3) is 3.22. The third-order valence-electron chi connectivity index (χ3n) is 5.63. The SMILES string of the molecule is N[C@H]1C[C@@H](N2Cc3cnn(CCO)c3C2)CO[C@@H]1C1CC(F)=CC=C1F. The van der Waals surface area contributed by atoms with E-state index in [-0.39, 0.29) is 36.8 Å². The molecule has 3 N–H and O–H groups in total. The van der Waals surface area contributed by atoms with Crippen molar-refractivity contribution in [3.63, 3.8) is 0 Å². The van der Waals surface area contributed by atoms with Crippen molar-refractivity contribution < 1.29 is 18.6 Å². The summed E-state index contributed by atoms with van der Waals surface area (Å²) in [7, 11) is 0. The van der Waals surface area contributed by atoms with Crippen LogP contribution in [0.2, 0.25) is 0 Å². The summed E-state index contributed by atoms with van der Waals surface area (Å²) in [6.07, 6.45) is 4.37. The lowest BCUT2D eigenvalue weighted by Gasteiger charge is -2.41. The first-order valence-corrected chi connectivity index (χ1v) is 9.04. The molecule has 0 saturated carbocycles. The zero-order valence-electron chi connectivity index (χ0n) is 14.5. The molecule has 3 aliphatic rings. The summed E-state index contributed by atoms with van der Waals surface area (Å²) in [6, 6.07) is -0.214. The molecule has 0 bridgehead atoms. The van der Waals surface area contributed by atoms with Gasteiger partial charge < -0.3 is 15.6 Å². The molecule has 1 aromatic rings.